The van der Waals surface area contributed by atoms with Crippen molar-refractivity contribution in [1.82, 2.24) is 0 Å². The van der Waals surface area contributed by atoms with Gasteiger partial charge in [0.1, 0.15) is 5.82 Å². The van der Waals surface area contributed by atoms with Crippen LogP contribution >= 0.6 is 11.6 Å². The Labute approximate surface area is 77.1 Å². The summed E-state index contributed by atoms with van der Waals surface area (Å²) in [5.41, 5.74) is -0.318. The number of benzene rings is 1. The second-order valence-corrected chi connectivity index (χ2v) is 2.81. The highest BCUT2D eigenvalue weighted by molar-refractivity contribution is 6.35. The molecule has 13 heavy (non-hydrogen) atoms. The summed E-state index contributed by atoms with van der Waals surface area (Å²) in [6.07, 6.45) is 0. The maximum Gasteiger partial charge on any atom is 0.384 e. The molecule has 1 aromatic rings. The molecule has 1 rings (SSSR count). The van der Waals surface area contributed by atoms with Crippen LogP contribution in [0, 0.1) is 5.82 Å². The number of hydrogen-bond acceptors (Lipinski definition) is 1. The molecule has 0 amide bonds. The van der Waals surface area contributed by atoms with Gasteiger partial charge in [0.15, 0.2) is 0 Å². The van der Waals surface area contributed by atoms with E-state index >= 15 is 0 Å². The van der Waals surface area contributed by atoms with E-state index in [-0.39, 0.29) is 5.56 Å². The van der Waals surface area contributed by atoms with Crippen LogP contribution < -0.4 is 0 Å². The van der Waals surface area contributed by atoms with Crippen LogP contribution in [-0.4, -0.2) is 11.2 Å². The number of ketones is 1. The maximum absolute atomic E-state index is 12.3. The first kappa shape index (κ1) is 10.1. The van der Waals surface area contributed by atoms with Gasteiger partial charge < -0.3 is 0 Å². The van der Waals surface area contributed by atoms with Gasteiger partial charge in [-0.25, -0.2) is 4.39 Å². The fraction of sp³-hybridized carbons (Fsp3) is 0.125. The van der Waals surface area contributed by atoms with Crippen LogP contribution in [-0.2, 0) is 0 Å². The SMILES string of the molecule is O=C(c1ccc(F)cc1)C(F)(F)Cl. The lowest BCUT2D eigenvalue weighted by Crippen LogP contribution is -2.21. The highest BCUT2D eigenvalue weighted by Crippen LogP contribution is 2.24. The fourth-order valence-electron chi connectivity index (χ4n) is 0.765. The average molecular weight is 209 g/mol. The third-order valence-electron chi connectivity index (χ3n) is 1.36. The largest absolute Gasteiger partial charge is 0.384 e. The summed E-state index contributed by atoms with van der Waals surface area (Å²) in [6, 6.07) is 3.73. The maximum atomic E-state index is 12.3. The van der Waals surface area contributed by atoms with E-state index in [0.717, 1.165) is 24.3 Å². The van der Waals surface area contributed by atoms with Crippen LogP contribution in [0.15, 0.2) is 24.3 Å². The monoisotopic (exact) mass is 208 g/mol. The second-order valence-electron chi connectivity index (χ2n) is 2.33. The van der Waals surface area contributed by atoms with Gasteiger partial charge in [0.05, 0.1) is 0 Å². The number of alkyl halides is 3. The molecule has 0 heterocycles. The molecule has 0 fully saturated rings. The van der Waals surface area contributed by atoms with Gasteiger partial charge >= 0.3 is 5.38 Å². The first-order chi connectivity index (χ1) is 5.91. The molecule has 0 aliphatic carbocycles. The first-order valence-corrected chi connectivity index (χ1v) is 3.66. The summed E-state index contributed by atoms with van der Waals surface area (Å²) in [5, 5.41) is -3.93. The lowest BCUT2D eigenvalue weighted by Gasteiger charge is -2.05. The van der Waals surface area contributed by atoms with Gasteiger partial charge in [0, 0.05) is 5.56 Å². The molecule has 0 saturated carbocycles. The Morgan fingerprint density at radius 3 is 2.08 bits per heavy atom. The zero-order chi connectivity index (χ0) is 10.1. The minimum atomic E-state index is -3.93. The second kappa shape index (κ2) is 3.38. The number of hydrogen-bond donors (Lipinski definition) is 0. The standard InChI is InChI=1S/C8H4ClF3O/c9-8(11,12)7(13)5-1-3-6(10)4-2-5/h1-4H. The van der Waals surface area contributed by atoms with Gasteiger partial charge in [-0.05, 0) is 35.9 Å². The molecular formula is C8H4ClF3O. The Hall–Kier alpha value is -1.03. The summed E-state index contributed by atoms with van der Waals surface area (Å²) in [6.45, 7) is 0. The quantitative estimate of drug-likeness (QED) is 0.540. The van der Waals surface area contributed by atoms with Gasteiger partial charge in [-0.1, -0.05) is 0 Å². The summed E-state index contributed by atoms with van der Waals surface area (Å²) < 4.78 is 36.8. The molecule has 1 aromatic carbocycles. The average Bonchev–Trinajstić information content (AvgIpc) is 2.03. The van der Waals surface area contributed by atoms with Gasteiger partial charge in [-0.15, -0.1) is 0 Å². The third kappa shape index (κ3) is 2.45. The van der Waals surface area contributed by atoms with E-state index in [2.05, 4.69) is 11.6 Å². The molecule has 0 saturated heterocycles. The fourth-order valence-corrected chi connectivity index (χ4v) is 0.874. The molecule has 70 valence electrons. The predicted molar refractivity (Wildman–Crippen MR) is 41.5 cm³/mol. The lowest BCUT2D eigenvalue weighted by atomic mass is 10.1. The van der Waals surface area contributed by atoms with E-state index in [1.165, 1.54) is 0 Å². The van der Waals surface area contributed by atoms with E-state index in [9.17, 15) is 18.0 Å². The molecular weight excluding hydrogens is 205 g/mol. The first-order valence-electron chi connectivity index (χ1n) is 3.28. The molecule has 0 atom stereocenters. The van der Waals surface area contributed by atoms with Crippen molar-refractivity contribution in [3.8, 4) is 0 Å². The molecule has 0 radical (unpaired) electrons. The van der Waals surface area contributed by atoms with Gasteiger partial charge in [0.25, 0.3) is 0 Å². The molecule has 0 N–H and O–H groups in total. The molecule has 1 nitrogen and oxygen atoms in total. The van der Waals surface area contributed by atoms with Crippen molar-refractivity contribution in [3.05, 3.63) is 35.6 Å². The van der Waals surface area contributed by atoms with Crippen molar-refractivity contribution in [2.24, 2.45) is 0 Å². The Morgan fingerprint density at radius 1 is 1.23 bits per heavy atom. The summed E-state index contributed by atoms with van der Waals surface area (Å²) in [7, 11) is 0. The molecule has 0 spiro atoms. The van der Waals surface area contributed by atoms with E-state index in [1.54, 1.807) is 0 Å². The van der Waals surface area contributed by atoms with Crippen LogP contribution in [0.1, 0.15) is 10.4 Å². The zero-order valence-electron chi connectivity index (χ0n) is 6.23. The minimum absolute atomic E-state index is 0.318. The summed E-state index contributed by atoms with van der Waals surface area (Å²) >= 11 is 4.48. The lowest BCUT2D eigenvalue weighted by molar-refractivity contribution is 0.0536. The smallest absolute Gasteiger partial charge is 0.286 e. The zero-order valence-corrected chi connectivity index (χ0v) is 6.99. The molecule has 5 heteroatoms. The highest BCUT2D eigenvalue weighted by Gasteiger charge is 2.36. The topological polar surface area (TPSA) is 17.1 Å². The number of halogens is 4. The van der Waals surface area contributed by atoms with Gasteiger partial charge in [-0.2, -0.15) is 8.78 Å². The van der Waals surface area contributed by atoms with Gasteiger partial charge in [0.2, 0.25) is 5.78 Å². The predicted octanol–water partition coefficient (Wildman–Crippen LogP) is 2.84. The number of carbonyl (C=O) groups excluding carboxylic acids is 1. The van der Waals surface area contributed by atoms with Crippen LogP contribution in [0.2, 0.25) is 0 Å². The van der Waals surface area contributed by atoms with E-state index in [1.807, 2.05) is 0 Å². The summed E-state index contributed by atoms with van der Waals surface area (Å²) in [5.74, 6) is -2.14. The Kier molecular flexibility index (Phi) is 2.61. The van der Waals surface area contributed by atoms with Crippen molar-refractivity contribution >= 4 is 17.4 Å². The number of carbonyl (C=O) groups is 1. The Morgan fingerprint density at radius 2 is 1.69 bits per heavy atom. The third-order valence-corrected chi connectivity index (χ3v) is 1.54. The van der Waals surface area contributed by atoms with Crippen LogP contribution in [0.4, 0.5) is 13.2 Å². The molecule has 0 bridgehead atoms. The Balaban J connectivity index is 2.97. The Bertz CT molecular complexity index is 315. The van der Waals surface area contributed by atoms with Crippen LogP contribution in [0.3, 0.4) is 0 Å². The molecule has 0 aliphatic rings. The van der Waals surface area contributed by atoms with Gasteiger partial charge in [-0.3, -0.25) is 4.79 Å². The number of rotatable bonds is 2. The van der Waals surface area contributed by atoms with Crippen molar-refractivity contribution in [3.63, 3.8) is 0 Å². The van der Waals surface area contributed by atoms with Crippen LogP contribution in [0.5, 0.6) is 0 Å². The molecule has 0 aliphatic heterocycles. The van der Waals surface area contributed by atoms with Crippen molar-refractivity contribution in [1.29, 1.82) is 0 Å². The summed E-state index contributed by atoms with van der Waals surface area (Å²) in [4.78, 5) is 10.8. The van der Waals surface area contributed by atoms with E-state index in [4.69, 9.17) is 0 Å². The van der Waals surface area contributed by atoms with Crippen molar-refractivity contribution in [2.45, 2.75) is 5.38 Å². The molecule has 0 unspecified atom stereocenters. The van der Waals surface area contributed by atoms with Crippen molar-refractivity contribution in [2.75, 3.05) is 0 Å². The number of Topliss-reactive ketones (excluding diaryl/α,β-unsaturated/α-hetero) is 1. The van der Waals surface area contributed by atoms with Crippen LogP contribution in [0.25, 0.3) is 0 Å². The highest BCUT2D eigenvalue weighted by atomic mass is 35.5. The van der Waals surface area contributed by atoms with E-state index < -0.39 is 17.0 Å². The van der Waals surface area contributed by atoms with Crippen molar-refractivity contribution < 1.29 is 18.0 Å². The van der Waals surface area contributed by atoms with E-state index in [0.29, 0.717) is 0 Å². The normalized spacial score (nSPS) is 11.4. The molecule has 0 aromatic heterocycles. The minimum Gasteiger partial charge on any atom is -0.286 e.